The third kappa shape index (κ3) is 2.15. The van der Waals surface area contributed by atoms with Crippen LogP contribution in [0.5, 0.6) is 0 Å². The molecule has 1 N–H and O–H groups in total. The third-order valence-corrected chi connectivity index (χ3v) is 2.79. The summed E-state index contributed by atoms with van der Waals surface area (Å²) >= 11 is 0. The molecular weight excluding hydrogens is 196 g/mol. The lowest BCUT2D eigenvalue weighted by Gasteiger charge is -2.13. The number of aliphatic carboxylic acids is 1. The molecular formula is C9H14N4O2. The van der Waals surface area contributed by atoms with Gasteiger partial charge in [-0.1, -0.05) is 0 Å². The van der Waals surface area contributed by atoms with Crippen molar-refractivity contribution in [2.45, 2.75) is 13.0 Å². The van der Waals surface area contributed by atoms with Gasteiger partial charge in [0.25, 0.3) is 0 Å². The van der Waals surface area contributed by atoms with Crippen molar-refractivity contribution < 1.29 is 9.90 Å². The number of carbonyl (C=O) groups is 1. The summed E-state index contributed by atoms with van der Waals surface area (Å²) in [4.78, 5) is 12.9. The highest BCUT2D eigenvalue weighted by atomic mass is 16.4. The van der Waals surface area contributed by atoms with Crippen molar-refractivity contribution in [1.82, 2.24) is 19.7 Å². The van der Waals surface area contributed by atoms with Gasteiger partial charge in [-0.15, -0.1) is 10.2 Å². The molecule has 2 rings (SSSR count). The maximum absolute atomic E-state index is 10.8. The highest BCUT2D eigenvalue weighted by molar-refractivity contribution is 5.70. The van der Waals surface area contributed by atoms with Gasteiger partial charge in [-0.25, -0.2) is 0 Å². The van der Waals surface area contributed by atoms with E-state index in [4.69, 9.17) is 5.11 Å². The number of aromatic nitrogens is 3. The van der Waals surface area contributed by atoms with Crippen LogP contribution in [-0.2, 0) is 18.4 Å². The Morgan fingerprint density at radius 2 is 2.53 bits per heavy atom. The average molecular weight is 210 g/mol. The summed E-state index contributed by atoms with van der Waals surface area (Å²) in [6.45, 7) is 2.12. The quantitative estimate of drug-likeness (QED) is 0.743. The first-order valence-corrected chi connectivity index (χ1v) is 4.95. The standard InChI is InChI=1S/C9H14N4O2/c1-12-6-10-11-8(12)5-13-3-2-7(4-13)9(14)15/h6-7H,2-5H2,1H3,(H,14,15)/t7-/m1/s1. The molecule has 0 aromatic carbocycles. The van der Waals surface area contributed by atoms with Gasteiger partial charge in [0.15, 0.2) is 0 Å². The van der Waals surface area contributed by atoms with Crippen molar-refractivity contribution in [3.05, 3.63) is 12.2 Å². The van der Waals surface area contributed by atoms with Gasteiger partial charge in [0.05, 0.1) is 12.5 Å². The smallest absolute Gasteiger partial charge is 0.307 e. The first-order chi connectivity index (χ1) is 7.16. The first kappa shape index (κ1) is 10.1. The minimum atomic E-state index is -0.699. The van der Waals surface area contributed by atoms with Crippen LogP contribution in [-0.4, -0.2) is 43.8 Å². The fourth-order valence-corrected chi connectivity index (χ4v) is 1.83. The Labute approximate surface area is 87.5 Å². The van der Waals surface area contributed by atoms with Gasteiger partial charge in [-0.05, 0) is 13.0 Å². The van der Waals surface area contributed by atoms with Crippen molar-refractivity contribution >= 4 is 5.97 Å². The molecule has 6 nitrogen and oxygen atoms in total. The third-order valence-electron chi connectivity index (χ3n) is 2.79. The van der Waals surface area contributed by atoms with Crippen molar-refractivity contribution in [1.29, 1.82) is 0 Å². The van der Waals surface area contributed by atoms with Gasteiger partial charge in [-0.2, -0.15) is 0 Å². The number of aryl methyl sites for hydroxylation is 1. The summed E-state index contributed by atoms with van der Waals surface area (Å²) in [5.74, 6) is -0.0465. The van der Waals surface area contributed by atoms with Crippen LogP contribution >= 0.6 is 0 Å². The molecule has 0 amide bonds. The summed E-state index contributed by atoms with van der Waals surface area (Å²) < 4.78 is 1.86. The van der Waals surface area contributed by atoms with Crippen molar-refractivity contribution in [2.24, 2.45) is 13.0 Å². The van der Waals surface area contributed by atoms with Crippen LogP contribution in [0.4, 0.5) is 0 Å². The van der Waals surface area contributed by atoms with Crippen molar-refractivity contribution in [3.63, 3.8) is 0 Å². The Morgan fingerprint density at radius 1 is 1.73 bits per heavy atom. The summed E-state index contributed by atoms with van der Waals surface area (Å²) in [6.07, 6.45) is 2.38. The predicted molar refractivity (Wildman–Crippen MR) is 52.0 cm³/mol. The molecule has 1 aliphatic rings. The Morgan fingerprint density at radius 3 is 3.07 bits per heavy atom. The molecule has 1 aromatic heterocycles. The van der Waals surface area contributed by atoms with E-state index in [0.29, 0.717) is 13.1 Å². The largest absolute Gasteiger partial charge is 0.481 e. The van der Waals surface area contributed by atoms with E-state index in [1.807, 2.05) is 11.6 Å². The molecule has 6 heteroatoms. The number of carboxylic acid groups (broad SMARTS) is 1. The van der Waals surface area contributed by atoms with Gasteiger partial charge in [0, 0.05) is 13.6 Å². The van der Waals surface area contributed by atoms with Gasteiger partial charge in [0.1, 0.15) is 12.2 Å². The van der Waals surface area contributed by atoms with Crippen LogP contribution in [0.3, 0.4) is 0 Å². The topological polar surface area (TPSA) is 71.2 Å². The lowest BCUT2D eigenvalue weighted by atomic mass is 10.1. The molecule has 0 saturated carbocycles. The molecule has 0 radical (unpaired) electrons. The van der Waals surface area contributed by atoms with E-state index in [0.717, 1.165) is 18.8 Å². The van der Waals surface area contributed by atoms with E-state index in [9.17, 15) is 4.79 Å². The summed E-state index contributed by atoms with van der Waals surface area (Å²) in [6, 6.07) is 0. The molecule has 1 saturated heterocycles. The Hall–Kier alpha value is -1.43. The van der Waals surface area contributed by atoms with Crippen LogP contribution in [0, 0.1) is 5.92 Å². The van der Waals surface area contributed by atoms with Crippen LogP contribution in [0.2, 0.25) is 0 Å². The molecule has 0 bridgehead atoms. The zero-order chi connectivity index (χ0) is 10.8. The SMILES string of the molecule is Cn1cnnc1CN1CC[C@@H](C(=O)O)C1. The lowest BCUT2D eigenvalue weighted by Crippen LogP contribution is -2.24. The maximum Gasteiger partial charge on any atom is 0.307 e. The second kappa shape index (κ2) is 3.98. The Bertz CT molecular complexity index is 363. The fraction of sp³-hybridized carbons (Fsp3) is 0.667. The van der Waals surface area contributed by atoms with Gasteiger partial charge >= 0.3 is 5.97 Å². The van der Waals surface area contributed by atoms with E-state index < -0.39 is 5.97 Å². The number of hydrogen-bond acceptors (Lipinski definition) is 4. The van der Waals surface area contributed by atoms with Crippen LogP contribution in [0.15, 0.2) is 6.33 Å². The average Bonchev–Trinajstić information content (AvgIpc) is 2.77. The normalized spacial score (nSPS) is 22.1. The van der Waals surface area contributed by atoms with Crippen molar-refractivity contribution in [3.8, 4) is 0 Å². The predicted octanol–water partition coefficient (Wildman–Crippen LogP) is -0.278. The van der Waals surface area contributed by atoms with E-state index in [-0.39, 0.29) is 5.92 Å². The van der Waals surface area contributed by atoms with Crippen LogP contribution in [0.1, 0.15) is 12.2 Å². The van der Waals surface area contributed by atoms with E-state index in [1.54, 1.807) is 6.33 Å². The van der Waals surface area contributed by atoms with Crippen molar-refractivity contribution in [2.75, 3.05) is 13.1 Å². The zero-order valence-corrected chi connectivity index (χ0v) is 8.63. The maximum atomic E-state index is 10.8. The highest BCUT2D eigenvalue weighted by Gasteiger charge is 2.28. The molecule has 0 unspecified atom stereocenters. The molecule has 0 spiro atoms. The molecule has 1 fully saturated rings. The van der Waals surface area contributed by atoms with Gasteiger partial charge in [0.2, 0.25) is 0 Å². The molecule has 1 aliphatic heterocycles. The Kier molecular flexibility index (Phi) is 2.68. The molecule has 2 heterocycles. The number of carboxylic acids is 1. The summed E-state index contributed by atoms with van der Waals surface area (Å²) in [5, 5.41) is 16.6. The van der Waals surface area contributed by atoms with E-state index in [2.05, 4.69) is 15.1 Å². The van der Waals surface area contributed by atoms with Gasteiger partial charge in [-0.3, -0.25) is 9.69 Å². The number of nitrogens with zero attached hydrogens (tertiary/aromatic N) is 4. The summed E-state index contributed by atoms with van der Waals surface area (Å²) in [7, 11) is 1.89. The second-order valence-electron chi connectivity index (χ2n) is 3.92. The minimum Gasteiger partial charge on any atom is -0.481 e. The second-order valence-corrected chi connectivity index (χ2v) is 3.92. The Balaban J connectivity index is 1.93. The molecule has 1 atom stereocenters. The summed E-state index contributed by atoms with van der Waals surface area (Å²) in [5.41, 5.74) is 0. The molecule has 0 aliphatic carbocycles. The highest BCUT2D eigenvalue weighted by Crippen LogP contribution is 2.17. The first-order valence-electron chi connectivity index (χ1n) is 4.95. The van der Waals surface area contributed by atoms with E-state index in [1.165, 1.54) is 0 Å². The van der Waals surface area contributed by atoms with E-state index >= 15 is 0 Å². The number of hydrogen-bond donors (Lipinski definition) is 1. The van der Waals surface area contributed by atoms with Gasteiger partial charge < -0.3 is 9.67 Å². The minimum absolute atomic E-state index is 0.224. The number of rotatable bonds is 3. The number of likely N-dealkylation sites (tertiary alicyclic amines) is 1. The zero-order valence-electron chi connectivity index (χ0n) is 8.63. The van der Waals surface area contributed by atoms with Crippen LogP contribution in [0.25, 0.3) is 0 Å². The fourth-order valence-electron chi connectivity index (χ4n) is 1.83. The molecule has 1 aromatic rings. The lowest BCUT2D eigenvalue weighted by molar-refractivity contribution is -0.141. The molecule has 15 heavy (non-hydrogen) atoms. The van der Waals surface area contributed by atoms with Crippen LogP contribution < -0.4 is 0 Å². The molecule has 82 valence electrons. The monoisotopic (exact) mass is 210 g/mol.